The quantitative estimate of drug-likeness (QED) is 0.787. The molecule has 1 atom stereocenters. The van der Waals surface area contributed by atoms with Crippen LogP contribution in [0.5, 0.6) is 11.5 Å². The molecule has 2 rings (SSSR count). The van der Waals surface area contributed by atoms with Gasteiger partial charge in [-0.15, -0.1) is 0 Å². The van der Waals surface area contributed by atoms with Crippen molar-refractivity contribution in [3.05, 3.63) is 59.7 Å². The minimum absolute atomic E-state index is 0.209. The zero-order valence-electron chi connectivity index (χ0n) is 12.5. The number of phenols is 2. The van der Waals surface area contributed by atoms with Crippen LogP contribution in [-0.2, 0) is 5.41 Å². The Labute approximate surface area is 125 Å². The van der Waals surface area contributed by atoms with E-state index in [4.69, 9.17) is 0 Å². The molecule has 0 heterocycles. The molecule has 1 unspecified atom stereocenters. The van der Waals surface area contributed by atoms with Gasteiger partial charge in [-0.3, -0.25) is 0 Å². The van der Waals surface area contributed by atoms with E-state index >= 15 is 0 Å². The molecule has 3 nitrogen and oxygen atoms in total. The van der Waals surface area contributed by atoms with Crippen LogP contribution in [0.15, 0.2) is 48.5 Å². The van der Waals surface area contributed by atoms with E-state index in [1.165, 1.54) is 0 Å². The van der Waals surface area contributed by atoms with Crippen LogP contribution in [0.2, 0.25) is 0 Å². The second-order valence-corrected chi connectivity index (χ2v) is 5.34. The van der Waals surface area contributed by atoms with Gasteiger partial charge in [0.1, 0.15) is 11.5 Å². The minimum atomic E-state index is -0.545. The molecule has 0 saturated carbocycles. The minimum Gasteiger partial charge on any atom is -0.508 e. The third kappa shape index (κ3) is 2.74. The molecule has 0 bridgehead atoms. The molecule has 3 heteroatoms. The summed E-state index contributed by atoms with van der Waals surface area (Å²) in [5.74, 6) is 0.417. The lowest BCUT2D eigenvalue weighted by Gasteiger charge is -2.38. The van der Waals surface area contributed by atoms with Crippen molar-refractivity contribution in [2.45, 2.75) is 38.2 Å². The molecule has 0 spiro atoms. The summed E-state index contributed by atoms with van der Waals surface area (Å²) in [7, 11) is 0. The van der Waals surface area contributed by atoms with Gasteiger partial charge < -0.3 is 15.3 Å². The van der Waals surface area contributed by atoms with Crippen molar-refractivity contribution >= 4 is 0 Å². The first-order valence-electron chi connectivity index (χ1n) is 7.31. The summed E-state index contributed by atoms with van der Waals surface area (Å²) in [5, 5.41) is 29.7. The molecular formula is C18H22O3. The van der Waals surface area contributed by atoms with E-state index in [1.807, 2.05) is 38.1 Å². The Morgan fingerprint density at radius 2 is 1.19 bits per heavy atom. The van der Waals surface area contributed by atoms with Gasteiger partial charge in [-0.2, -0.15) is 0 Å². The van der Waals surface area contributed by atoms with Gasteiger partial charge in [0, 0.05) is 5.41 Å². The highest BCUT2D eigenvalue weighted by Gasteiger charge is 2.38. The normalized spacial score (nSPS) is 13.1. The number of phenolic OH excluding ortho intramolecular Hbond substituents is 2. The van der Waals surface area contributed by atoms with Crippen LogP contribution in [0.1, 0.15) is 37.8 Å². The summed E-state index contributed by atoms with van der Waals surface area (Å²) in [6.45, 7) is 3.99. The van der Waals surface area contributed by atoms with E-state index in [2.05, 4.69) is 0 Å². The summed E-state index contributed by atoms with van der Waals surface area (Å²) >= 11 is 0. The van der Waals surface area contributed by atoms with E-state index in [1.54, 1.807) is 24.3 Å². The van der Waals surface area contributed by atoms with Gasteiger partial charge in [0.2, 0.25) is 0 Å². The second kappa shape index (κ2) is 6.19. The second-order valence-electron chi connectivity index (χ2n) is 5.34. The maximum atomic E-state index is 10.7. The average molecular weight is 286 g/mol. The molecule has 0 saturated heterocycles. The van der Waals surface area contributed by atoms with Gasteiger partial charge in [-0.1, -0.05) is 38.1 Å². The Hall–Kier alpha value is -2.00. The van der Waals surface area contributed by atoms with Crippen LogP contribution in [0.25, 0.3) is 0 Å². The summed E-state index contributed by atoms with van der Waals surface area (Å²) in [5.41, 5.74) is 1.38. The fraction of sp³-hybridized carbons (Fsp3) is 0.333. The molecule has 21 heavy (non-hydrogen) atoms. The number of aliphatic hydroxyl groups excluding tert-OH is 1. The lowest BCUT2D eigenvalue weighted by atomic mass is 9.68. The Morgan fingerprint density at radius 3 is 1.48 bits per heavy atom. The molecule has 0 aliphatic rings. The number of rotatable bonds is 5. The van der Waals surface area contributed by atoms with Crippen molar-refractivity contribution in [1.82, 2.24) is 0 Å². The van der Waals surface area contributed by atoms with Crippen LogP contribution in [0, 0.1) is 0 Å². The first-order valence-corrected chi connectivity index (χ1v) is 7.31. The maximum Gasteiger partial charge on any atom is 0.115 e. The van der Waals surface area contributed by atoms with Crippen molar-refractivity contribution < 1.29 is 15.3 Å². The lowest BCUT2D eigenvalue weighted by Crippen LogP contribution is -2.40. The summed E-state index contributed by atoms with van der Waals surface area (Å²) in [6, 6.07) is 14.0. The third-order valence-electron chi connectivity index (χ3n) is 4.28. The van der Waals surface area contributed by atoms with Crippen LogP contribution in [0.3, 0.4) is 0 Å². The van der Waals surface area contributed by atoms with Crippen molar-refractivity contribution in [2.75, 3.05) is 0 Å². The molecule has 0 amide bonds. The van der Waals surface area contributed by atoms with Crippen molar-refractivity contribution in [3.63, 3.8) is 0 Å². The van der Waals surface area contributed by atoms with Crippen LogP contribution in [-0.4, -0.2) is 21.4 Å². The topological polar surface area (TPSA) is 60.7 Å². The van der Waals surface area contributed by atoms with E-state index < -0.39 is 11.5 Å². The molecule has 112 valence electrons. The number of aliphatic hydroxyl groups is 1. The fourth-order valence-corrected chi connectivity index (χ4v) is 3.06. The first-order chi connectivity index (χ1) is 10.0. The van der Waals surface area contributed by atoms with Crippen molar-refractivity contribution in [1.29, 1.82) is 0 Å². The predicted octanol–water partition coefficient (Wildman–Crippen LogP) is 3.56. The number of aromatic hydroxyl groups is 2. The Morgan fingerprint density at radius 1 is 0.810 bits per heavy atom. The van der Waals surface area contributed by atoms with E-state index in [0.717, 1.165) is 17.5 Å². The molecule has 0 fully saturated rings. The first kappa shape index (κ1) is 15.4. The van der Waals surface area contributed by atoms with E-state index in [-0.39, 0.29) is 11.5 Å². The number of hydrogen-bond donors (Lipinski definition) is 3. The van der Waals surface area contributed by atoms with Gasteiger partial charge >= 0.3 is 0 Å². The molecular weight excluding hydrogens is 264 g/mol. The Kier molecular flexibility index (Phi) is 4.53. The molecule has 0 aliphatic heterocycles. The van der Waals surface area contributed by atoms with Gasteiger partial charge in [-0.05, 0) is 48.2 Å². The largest absolute Gasteiger partial charge is 0.508 e. The smallest absolute Gasteiger partial charge is 0.115 e. The molecule has 0 aliphatic carbocycles. The average Bonchev–Trinajstić information content (AvgIpc) is 2.51. The van der Waals surface area contributed by atoms with Crippen molar-refractivity contribution in [2.24, 2.45) is 0 Å². The highest BCUT2D eigenvalue weighted by molar-refractivity contribution is 5.44. The molecule has 0 aromatic heterocycles. The Bertz CT molecular complexity index is 527. The van der Waals surface area contributed by atoms with Gasteiger partial charge in [-0.25, -0.2) is 0 Å². The van der Waals surface area contributed by atoms with Gasteiger partial charge in [0.05, 0.1) is 6.10 Å². The lowest BCUT2D eigenvalue weighted by molar-refractivity contribution is 0.0950. The van der Waals surface area contributed by atoms with Crippen LogP contribution < -0.4 is 0 Å². The van der Waals surface area contributed by atoms with Crippen LogP contribution >= 0.6 is 0 Å². The van der Waals surface area contributed by atoms with E-state index in [0.29, 0.717) is 6.42 Å². The standard InChI is InChI=1S/C18H22O3/c1-3-17(21)18(4-2,13-5-9-15(19)10-6-13)14-7-11-16(20)12-8-14/h5-12,17,19-21H,3-4H2,1-2H3. The zero-order chi connectivity index (χ0) is 15.5. The number of hydrogen-bond acceptors (Lipinski definition) is 3. The van der Waals surface area contributed by atoms with Gasteiger partial charge in [0.25, 0.3) is 0 Å². The fourth-order valence-electron chi connectivity index (χ4n) is 3.06. The van der Waals surface area contributed by atoms with Gasteiger partial charge in [0.15, 0.2) is 0 Å². The maximum absolute atomic E-state index is 10.7. The summed E-state index contributed by atoms with van der Waals surface area (Å²) in [4.78, 5) is 0. The van der Waals surface area contributed by atoms with Crippen LogP contribution in [0.4, 0.5) is 0 Å². The monoisotopic (exact) mass is 286 g/mol. The summed E-state index contributed by atoms with van der Waals surface area (Å²) in [6.07, 6.45) is 0.796. The highest BCUT2D eigenvalue weighted by Crippen LogP contribution is 2.41. The van der Waals surface area contributed by atoms with Crippen molar-refractivity contribution in [3.8, 4) is 11.5 Å². The third-order valence-corrected chi connectivity index (χ3v) is 4.28. The molecule has 0 radical (unpaired) electrons. The molecule has 3 N–H and O–H groups in total. The highest BCUT2D eigenvalue weighted by atomic mass is 16.3. The van der Waals surface area contributed by atoms with E-state index in [9.17, 15) is 15.3 Å². The molecule has 2 aromatic rings. The molecule has 2 aromatic carbocycles. The SMILES string of the molecule is CCC(O)C(CC)(c1ccc(O)cc1)c1ccc(O)cc1. The zero-order valence-corrected chi connectivity index (χ0v) is 12.5. The summed E-state index contributed by atoms with van der Waals surface area (Å²) < 4.78 is 0. The number of benzene rings is 2. The Balaban J connectivity index is 2.62. The predicted molar refractivity (Wildman–Crippen MR) is 83.6 cm³/mol.